The summed E-state index contributed by atoms with van der Waals surface area (Å²) >= 11 is 5.82. The number of benzene rings is 2. The molecule has 0 spiro atoms. The molecule has 0 amide bonds. The molecule has 122 valence electrons. The van der Waals surface area contributed by atoms with Crippen LogP contribution in [0.1, 0.15) is 21.5 Å². The first-order valence-corrected chi connectivity index (χ1v) is 6.96. The van der Waals surface area contributed by atoms with Crippen molar-refractivity contribution in [2.24, 2.45) is 0 Å². The number of Topliss-reactive ketones (excluding diaryl/α,β-unsaturated/α-hetero) is 1. The topological polar surface area (TPSA) is 29.1 Å². The molecule has 0 aliphatic heterocycles. The molecule has 0 heterocycles. The largest absolute Gasteiger partial charge is 0.416 e. The Balaban J connectivity index is 2.14. The molecule has 2 aromatic carbocycles. The van der Waals surface area contributed by atoms with Crippen LogP contribution in [-0.2, 0) is 6.18 Å². The molecule has 2 rings (SSSR count). The minimum absolute atomic E-state index is 0.0116. The van der Waals surface area contributed by atoms with Crippen molar-refractivity contribution in [3.8, 4) is 0 Å². The van der Waals surface area contributed by atoms with Crippen LogP contribution in [0.4, 0.5) is 23.2 Å². The van der Waals surface area contributed by atoms with Crippen LogP contribution < -0.4 is 5.32 Å². The average molecular weight is 346 g/mol. The van der Waals surface area contributed by atoms with Crippen LogP contribution in [0.3, 0.4) is 0 Å². The van der Waals surface area contributed by atoms with Gasteiger partial charge in [0.2, 0.25) is 0 Å². The first-order valence-electron chi connectivity index (χ1n) is 6.58. The number of nitrogens with one attached hydrogen (secondary N) is 1. The summed E-state index contributed by atoms with van der Waals surface area (Å²) in [4.78, 5) is 12.0. The SMILES string of the molecule is Cc1ccc(C(=O)CNc2cc(C(F)(F)F)ccc2Cl)cc1F. The van der Waals surface area contributed by atoms with Gasteiger partial charge in [-0.15, -0.1) is 0 Å². The van der Waals surface area contributed by atoms with Crippen molar-refractivity contribution < 1.29 is 22.4 Å². The van der Waals surface area contributed by atoms with Crippen LogP contribution in [-0.4, -0.2) is 12.3 Å². The summed E-state index contributed by atoms with van der Waals surface area (Å²) in [7, 11) is 0. The fraction of sp³-hybridized carbons (Fsp3) is 0.188. The Bertz CT molecular complexity index is 743. The standard InChI is InChI=1S/C16H12ClF4NO/c1-9-2-3-10(6-13(9)18)15(23)8-22-14-7-11(16(19,20)21)4-5-12(14)17/h2-7,22H,8H2,1H3. The van der Waals surface area contributed by atoms with Crippen LogP contribution in [0.2, 0.25) is 5.02 Å². The molecule has 0 radical (unpaired) electrons. The highest BCUT2D eigenvalue weighted by Crippen LogP contribution is 2.33. The Morgan fingerprint density at radius 2 is 1.87 bits per heavy atom. The highest BCUT2D eigenvalue weighted by molar-refractivity contribution is 6.33. The normalized spacial score (nSPS) is 11.4. The first kappa shape index (κ1) is 17.3. The lowest BCUT2D eigenvalue weighted by atomic mass is 10.1. The highest BCUT2D eigenvalue weighted by Gasteiger charge is 2.31. The molecule has 7 heteroatoms. The van der Waals surface area contributed by atoms with Gasteiger partial charge in [-0.2, -0.15) is 13.2 Å². The van der Waals surface area contributed by atoms with Gasteiger partial charge in [0.25, 0.3) is 0 Å². The summed E-state index contributed by atoms with van der Waals surface area (Å²) in [6, 6.07) is 6.78. The van der Waals surface area contributed by atoms with Gasteiger partial charge in [-0.05, 0) is 36.8 Å². The number of carbonyl (C=O) groups is 1. The molecule has 23 heavy (non-hydrogen) atoms. The third-order valence-electron chi connectivity index (χ3n) is 3.23. The van der Waals surface area contributed by atoms with E-state index in [-0.39, 0.29) is 22.8 Å². The van der Waals surface area contributed by atoms with Gasteiger partial charge >= 0.3 is 6.18 Å². The van der Waals surface area contributed by atoms with Gasteiger partial charge in [0.05, 0.1) is 22.8 Å². The second-order valence-corrected chi connectivity index (χ2v) is 5.34. The number of aryl methyl sites for hydroxylation is 1. The molecule has 2 nitrogen and oxygen atoms in total. The van der Waals surface area contributed by atoms with E-state index in [0.29, 0.717) is 5.56 Å². The van der Waals surface area contributed by atoms with Gasteiger partial charge in [-0.1, -0.05) is 23.7 Å². The van der Waals surface area contributed by atoms with E-state index < -0.39 is 23.3 Å². The van der Waals surface area contributed by atoms with E-state index >= 15 is 0 Å². The second kappa shape index (κ2) is 6.58. The lowest BCUT2D eigenvalue weighted by Crippen LogP contribution is -2.15. The number of alkyl halides is 3. The molecule has 0 bridgehead atoms. The predicted octanol–water partition coefficient (Wildman–Crippen LogP) is 5.10. The maximum Gasteiger partial charge on any atom is 0.416 e. The summed E-state index contributed by atoms with van der Waals surface area (Å²) in [5, 5.41) is 2.61. The Hall–Kier alpha value is -2.08. The Kier molecular flexibility index (Phi) is 4.94. The predicted molar refractivity (Wildman–Crippen MR) is 80.4 cm³/mol. The quantitative estimate of drug-likeness (QED) is 0.617. The molecule has 0 unspecified atom stereocenters. The summed E-state index contributed by atoms with van der Waals surface area (Å²) in [5.41, 5.74) is -0.361. The second-order valence-electron chi connectivity index (χ2n) is 4.93. The summed E-state index contributed by atoms with van der Waals surface area (Å²) < 4.78 is 51.4. The molecular weight excluding hydrogens is 334 g/mol. The Labute approximate surface area is 135 Å². The van der Waals surface area contributed by atoms with E-state index in [1.165, 1.54) is 12.1 Å². The van der Waals surface area contributed by atoms with Crippen LogP contribution in [0.5, 0.6) is 0 Å². The lowest BCUT2D eigenvalue weighted by Gasteiger charge is -2.12. The fourth-order valence-electron chi connectivity index (χ4n) is 1.88. The van der Waals surface area contributed by atoms with Crippen molar-refractivity contribution in [3.05, 3.63) is 63.9 Å². The van der Waals surface area contributed by atoms with E-state index in [0.717, 1.165) is 24.3 Å². The third-order valence-corrected chi connectivity index (χ3v) is 3.56. The molecule has 0 aromatic heterocycles. The number of ketones is 1. The van der Waals surface area contributed by atoms with Crippen molar-refractivity contribution in [1.29, 1.82) is 0 Å². The van der Waals surface area contributed by atoms with Crippen molar-refractivity contribution >= 4 is 23.1 Å². The van der Waals surface area contributed by atoms with E-state index in [2.05, 4.69) is 5.32 Å². The van der Waals surface area contributed by atoms with Crippen LogP contribution in [0, 0.1) is 12.7 Å². The molecule has 0 aliphatic carbocycles. The van der Waals surface area contributed by atoms with Crippen LogP contribution >= 0.6 is 11.6 Å². The van der Waals surface area contributed by atoms with Gasteiger partial charge < -0.3 is 5.32 Å². The van der Waals surface area contributed by atoms with Gasteiger partial charge in [0.1, 0.15) is 5.82 Å². The zero-order valence-electron chi connectivity index (χ0n) is 12.0. The molecule has 0 saturated heterocycles. The first-order chi connectivity index (χ1) is 10.7. The number of anilines is 1. The molecule has 0 fully saturated rings. The van der Waals surface area contributed by atoms with Gasteiger partial charge in [-0.3, -0.25) is 4.79 Å². The minimum Gasteiger partial charge on any atom is -0.376 e. The maximum absolute atomic E-state index is 13.4. The summed E-state index contributed by atoms with van der Waals surface area (Å²) in [5.74, 6) is -0.981. The molecule has 0 aliphatic rings. The molecule has 0 atom stereocenters. The monoisotopic (exact) mass is 345 g/mol. The van der Waals surface area contributed by atoms with Crippen LogP contribution in [0.15, 0.2) is 36.4 Å². The molecule has 1 N–H and O–H groups in total. The molecule has 2 aromatic rings. The number of rotatable bonds is 4. The van der Waals surface area contributed by atoms with Gasteiger partial charge in [0.15, 0.2) is 5.78 Å². The van der Waals surface area contributed by atoms with Crippen molar-refractivity contribution in [2.45, 2.75) is 13.1 Å². The minimum atomic E-state index is -4.51. The van der Waals surface area contributed by atoms with E-state index in [1.54, 1.807) is 6.92 Å². The average Bonchev–Trinajstić information content (AvgIpc) is 2.47. The van der Waals surface area contributed by atoms with Gasteiger partial charge in [0, 0.05) is 5.56 Å². The molecule has 0 saturated carbocycles. The summed E-state index contributed by atoms with van der Waals surface area (Å²) in [6.45, 7) is 1.26. The van der Waals surface area contributed by atoms with Crippen molar-refractivity contribution in [3.63, 3.8) is 0 Å². The van der Waals surface area contributed by atoms with Crippen molar-refractivity contribution in [2.75, 3.05) is 11.9 Å². The van der Waals surface area contributed by atoms with Gasteiger partial charge in [-0.25, -0.2) is 4.39 Å². The van der Waals surface area contributed by atoms with E-state index in [1.807, 2.05) is 0 Å². The van der Waals surface area contributed by atoms with E-state index in [4.69, 9.17) is 11.6 Å². The number of halogens is 5. The number of hydrogen-bond donors (Lipinski definition) is 1. The Morgan fingerprint density at radius 3 is 2.48 bits per heavy atom. The lowest BCUT2D eigenvalue weighted by molar-refractivity contribution is -0.137. The fourth-order valence-corrected chi connectivity index (χ4v) is 2.07. The Morgan fingerprint density at radius 1 is 1.17 bits per heavy atom. The zero-order valence-corrected chi connectivity index (χ0v) is 12.7. The van der Waals surface area contributed by atoms with Crippen LogP contribution in [0.25, 0.3) is 0 Å². The van der Waals surface area contributed by atoms with E-state index in [9.17, 15) is 22.4 Å². The molecular formula is C16H12ClF4NO. The zero-order chi connectivity index (χ0) is 17.2. The maximum atomic E-state index is 13.4. The number of carbonyl (C=O) groups excluding carboxylic acids is 1. The highest BCUT2D eigenvalue weighted by atomic mass is 35.5. The third kappa shape index (κ3) is 4.22. The summed E-state index contributed by atoms with van der Waals surface area (Å²) in [6.07, 6.45) is -4.51. The smallest absolute Gasteiger partial charge is 0.376 e. The number of hydrogen-bond acceptors (Lipinski definition) is 2. The van der Waals surface area contributed by atoms with Crippen molar-refractivity contribution in [1.82, 2.24) is 0 Å².